The molecule has 0 fully saturated rings. The number of hydrogen-bond acceptors (Lipinski definition) is 2. The summed E-state index contributed by atoms with van der Waals surface area (Å²) in [7, 11) is 0. The number of hydrogen-bond donors (Lipinski definition) is 1. The molecule has 1 heterocycles. The van der Waals surface area contributed by atoms with E-state index in [1.54, 1.807) is 12.1 Å². The van der Waals surface area contributed by atoms with E-state index in [0.717, 1.165) is 28.0 Å². The zero-order valence-electron chi connectivity index (χ0n) is 12.9. The van der Waals surface area contributed by atoms with Crippen LogP contribution in [0.2, 0.25) is 0 Å². The monoisotopic (exact) mass is 353 g/mol. The topological polar surface area (TPSA) is 29.9 Å². The highest BCUT2D eigenvalue weighted by Crippen LogP contribution is 2.24. The van der Waals surface area contributed by atoms with Gasteiger partial charge < -0.3 is 5.32 Å². The van der Waals surface area contributed by atoms with E-state index in [2.05, 4.69) is 47.1 Å². The first-order chi connectivity index (χ1) is 9.93. The average Bonchev–Trinajstić information content (AvgIpc) is 2.69. The van der Waals surface area contributed by atoms with Crippen molar-refractivity contribution in [1.82, 2.24) is 15.1 Å². The van der Waals surface area contributed by atoms with Crippen molar-refractivity contribution >= 4 is 15.9 Å². The molecule has 0 aliphatic carbocycles. The lowest BCUT2D eigenvalue weighted by molar-refractivity contribution is 0.588. The Balaban J connectivity index is 2.33. The zero-order valence-corrected chi connectivity index (χ0v) is 14.5. The Labute approximate surface area is 133 Å². The lowest BCUT2D eigenvalue weighted by Gasteiger charge is -2.13. The highest BCUT2D eigenvalue weighted by Gasteiger charge is 2.17. The van der Waals surface area contributed by atoms with Crippen molar-refractivity contribution in [1.29, 1.82) is 0 Å². The molecule has 0 aliphatic heterocycles. The number of aromatic nitrogens is 2. The van der Waals surface area contributed by atoms with Crippen LogP contribution in [0.5, 0.6) is 0 Å². The first kappa shape index (κ1) is 16.2. The van der Waals surface area contributed by atoms with Crippen molar-refractivity contribution < 1.29 is 4.39 Å². The van der Waals surface area contributed by atoms with E-state index in [1.165, 1.54) is 11.6 Å². The molecule has 1 aromatic heterocycles. The molecule has 2 aromatic rings. The van der Waals surface area contributed by atoms with Crippen LogP contribution >= 0.6 is 15.9 Å². The fourth-order valence-electron chi connectivity index (χ4n) is 2.73. The summed E-state index contributed by atoms with van der Waals surface area (Å²) in [5.74, 6) is -0.226. The molecule has 0 aliphatic rings. The van der Waals surface area contributed by atoms with Gasteiger partial charge in [-0.2, -0.15) is 5.10 Å². The maximum Gasteiger partial charge on any atom is 0.123 e. The third-order valence-electron chi connectivity index (χ3n) is 3.71. The smallest absolute Gasteiger partial charge is 0.123 e. The second kappa shape index (κ2) is 6.71. The molecule has 0 spiro atoms. The van der Waals surface area contributed by atoms with Crippen LogP contribution < -0.4 is 5.32 Å². The van der Waals surface area contributed by atoms with Crippen molar-refractivity contribution in [3.63, 3.8) is 0 Å². The van der Waals surface area contributed by atoms with Gasteiger partial charge in [0.05, 0.1) is 12.2 Å². The SMILES string of the molecule is CCNC(C)c1c(C)nn(Cc2cc(F)ccc2Br)c1C. The van der Waals surface area contributed by atoms with Gasteiger partial charge >= 0.3 is 0 Å². The molecule has 114 valence electrons. The van der Waals surface area contributed by atoms with Crippen molar-refractivity contribution in [2.24, 2.45) is 0 Å². The van der Waals surface area contributed by atoms with Crippen LogP contribution in [0.4, 0.5) is 4.39 Å². The summed E-state index contributed by atoms with van der Waals surface area (Å²) in [4.78, 5) is 0. The van der Waals surface area contributed by atoms with Crippen LogP contribution in [0.15, 0.2) is 22.7 Å². The highest BCUT2D eigenvalue weighted by atomic mass is 79.9. The van der Waals surface area contributed by atoms with Crippen molar-refractivity contribution in [2.75, 3.05) is 6.54 Å². The minimum Gasteiger partial charge on any atom is -0.310 e. The van der Waals surface area contributed by atoms with Gasteiger partial charge in [0.15, 0.2) is 0 Å². The summed E-state index contributed by atoms with van der Waals surface area (Å²) in [6.07, 6.45) is 0. The summed E-state index contributed by atoms with van der Waals surface area (Å²) in [6, 6.07) is 5.00. The Morgan fingerprint density at radius 1 is 1.38 bits per heavy atom. The first-order valence-corrected chi connectivity index (χ1v) is 7.94. The van der Waals surface area contributed by atoms with Crippen LogP contribution in [-0.2, 0) is 6.54 Å². The van der Waals surface area contributed by atoms with Gasteiger partial charge in [0.1, 0.15) is 5.82 Å². The van der Waals surface area contributed by atoms with Crippen LogP contribution in [0.1, 0.15) is 42.4 Å². The van der Waals surface area contributed by atoms with Gasteiger partial charge in [0.25, 0.3) is 0 Å². The molecule has 0 saturated heterocycles. The molecular weight excluding hydrogens is 333 g/mol. The van der Waals surface area contributed by atoms with Gasteiger partial charge in [0.2, 0.25) is 0 Å². The van der Waals surface area contributed by atoms with Gasteiger partial charge in [0, 0.05) is 21.8 Å². The molecule has 0 amide bonds. The van der Waals surface area contributed by atoms with Gasteiger partial charge in [-0.3, -0.25) is 4.68 Å². The quantitative estimate of drug-likeness (QED) is 0.875. The van der Waals surface area contributed by atoms with E-state index in [1.807, 2.05) is 11.6 Å². The maximum absolute atomic E-state index is 13.4. The number of halogens is 2. The fraction of sp³-hybridized carbons (Fsp3) is 0.438. The van der Waals surface area contributed by atoms with Crippen LogP contribution in [0.25, 0.3) is 0 Å². The van der Waals surface area contributed by atoms with Gasteiger partial charge in [-0.25, -0.2) is 4.39 Å². The standard InChI is InChI=1S/C16H21BrFN3/c1-5-19-10(2)16-11(3)20-21(12(16)4)9-13-8-14(18)6-7-15(13)17/h6-8,10,19H,5,9H2,1-4H3. The number of nitrogens with zero attached hydrogens (tertiary/aromatic N) is 2. The third kappa shape index (κ3) is 3.52. The maximum atomic E-state index is 13.4. The summed E-state index contributed by atoms with van der Waals surface area (Å²) < 4.78 is 16.2. The van der Waals surface area contributed by atoms with Crippen molar-refractivity contribution in [3.05, 3.63) is 51.0 Å². The van der Waals surface area contributed by atoms with E-state index in [9.17, 15) is 4.39 Å². The molecule has 0 saturated carbocycles. The van der Waals surface area contributed by atoms with Crippen molar-refractivity contribution in [3.8, 4) is 0 Å². The summed E-state index contributed by atoms with van der Waals surface area (Å²) in [6.45, 7) is 9.80. The van der Waals surface area contributed by atoms with E-state index in [-0.39, 0.29) is 11.9 Å². The molecule has 3 nitrogen and oxygen atoms in total. The minimum absolute atomic E-state index is 0.226. The van der Waals surface area contributed by atoms with Crippen LogP contribution in [-0.4, -0.2) is 16.3 Å². The summed E-state index contributed by atoms with van der Waals surface area (Å²) in [5.41, 5.74) is 4.26. The average molecular weight is 354 g/mol. The predicted molar refractivity (Wildman–Crippen MR) is 87.0 cm³/mol. The number of aryl methyl sites for hydroxylation is 1. The predicted octanol–water partition coefficient (Wildman–Crippen LogP) is 4.12. The Hall–Kier alpha value is -1.20. The lowest BCUT2D eigenvalue weighted by Crippen LogP contribution is -2.19. The summed E-state index contributed by atoms with van der Waals surface area (Å²) >= 11 is 3.47. The van der Waals surface area contributed by atoms with Crippen LogP contribution in [0.3, 0.4) is 0 Å². The number of benzene rings is 1. The van der Waals surface area contributed by atoms with E-state index in [4.69, 9.17) is 0 Å². The van der Waals surface area contributed by atoms with Gasteiger partial charge in [-0.1, -0.05) is 22.9 Å². The lowest BCUT2D eigenvalue weighted by atomic mass is 10.1. The first-order valence-electron chi connectivity index (χ1n) is 7.15. The Morgan fingerprint density at radius 2 is 2.10 bits per heavy atom. The Bertz CT molecular complexity index is 637. The molecular formula is C16H21BrFN3. The van der Waals surface area contributed by atoms with E-state index in [0.29, 0.717) is 6.54 Å². The summed E-state index contributed by atoms with van der Waals surface area (Å²) in [5, 5.41) is 8.03. The normalized spacial score (nSPS) is 12.7. The minimum atomic E-state index is -0.226. The van der Waals surface area contributed by atoms with Crippen molar-refractivity contribution in [2.45, 2.75) is 40.3 Å². The molecule has 1 N–H and O–H groups in total. The second-order valence-electron chi connectivity index (χ2n) is 5.26. The molecule has 1 unspecified atom stereocenters. The molecule has 1 atom stereocenters. The number of rotatable bonds is 5. The fourth-order valence-corrected chi connectivity index (χ4v) is 3.10. The van der Waals surface area contributed by atoms with Gasteiger partial charge in [-0.05, 0) is 51.1 Å². The van der Waals surface area contributed by atoms with E-state index < -0.39 is 0 Å². The molecule has 0 radical (unpaired) electrons. The van der Waals surface area contributed by atoms with Gasteiger partial charge in [-0.15, -0.1) is 0 Å². The van der Waals surface area contributed by atoms with E-state index >= 15 is 0 Å². The molecule has 0 bridgehead atoms. The number of nitrogens with one attached hydrogen (secondary N) is 1. The third-order valence-corrected chi connectivity index (χ3v) is 4.48. The second-order valence-corrected chi connectivity index (χ2v) is 6.11. The Kier molecular flexibility index (Phi) is 5.17. The molecule has 5 heteroatoms. The zero-order chi connectivity index (χ0) is 15.6. The molecule has 1 aromatic carbocycles. The largest absolute Gasteiger partial charge is 0.310 e. The van der Waals surface area contributed by atoms with Crippen LogP contribution in [0, 0.1) is 19.7 Å². The molecule has 21 heavy (non-hydrogen) atoms. The Morgan fingerprint density at radius 3 is 2.76 bits per heavy atom. The highest BCUT2D eigenvalue weighted by molar-refractivity contribution is 9.10. The molecule has 2 rings (SSSR count).